The second-order valence-electron chi connectivity index (χ2n) is 12.1. The van der Waals surface area contributed by atoms with E-state index in [0.29, 0.717) is 30.1 Å². The van der Waals surface area contributed by atoms with Gasteiger partial charge in [0.1, 0.15) is 0 Å². The van der Waals surface area contributed by atoms with Gasteiger partial charge in [-0.3, -0.25) is 4.79 Å². The fourth-order valence-corrected chi connectivity index (χ4v) is 9.48. The van der Waals surface area contributed by atoms with Crippen molar-refractivity contribution < 1.29 is 25.2 Å². The summed E-state index contributed by atoms with van der Waals surface area (Å²) in [6, 6.07) is 0. The molecular formula is C26H44O5. The number of aliphatic carboxylic acids is 1. The lowest BCUT2D eigenvalue weighted by molar-refractivity contribution is -0.205. The van der Waals surface area contributed by atoms with Crippen LogP contribution in [0.15, 0.2) is 0 Å². The van der Waals surface area contributed by atoms with Gasteiger partial charge < -0.3 is 20.4 Å². The number of carbonyl (C=O) groups is 1. The number of aliphatic hydroxyl groups excluding tert-OH is 3. The Morgan fingerprint density at radius 2 is 1.68 bits per heavy atom. The summed E-state index contributed by atoms with van der Waals surface area (Å²) in [6.45, 7) is 7.18. The summed E-state index contributed by atoms with van der Waals surface area (Å²) in [5, 5.41) is 41.1. The Bertz CT molecular complexity index is 666. The normalized spacial score (nSPS) is 50.3. The van der Waals surface area contributed by atoms with Crippen molar-refractivity contribution in [3.05, 3.63) is 0 Å². The third kappa shape index (κ3) is 3.77. The van der Waals surface area contributed by atoms with E-state index in [4.69, 9.17) is 5.11 Å². The largest absolute Gasteiger partial charge is 0.481 e. The highest BCUT2D eigenvalue weighted by atomic mass is 16.4. The van der Waals surface area contributed by atoms with Gasteiger partial charge in [-0.1, -0.05) is 20.8 Å². The molecule has 5 heteroatoms. The molecule has 0 radical (unpaired) electrons. The summed E-state index contributed by atoms with van der Waals surface area (Å²) < 4.78 is 0. The van der Waals surface area contributed by atoms with Crippen molar-refractivity contribution in [2.75, 3.05) is 6.61 Å². The SMILES string of the molecule is C[C@H](CCC(=O)O)[C@H]1CCC2C3C(O)[C@H](CCO)[C@@H]4C[C@H](O)CC[C@]4(C)C3CC[C@@]21C. The quantitative estimate of drug-likeness (QED) is 0.503. The molecule has 0 heterocycles. The van der Waals surface area contributed by atoms with E-state index in [0.717, 1.165) is 44.9 Å². The van der Waals surface area contributed by atoms with Crippen LogP contribution in [0, 0.1) is 52.3 Å². The number of carboxylic acid groups (broad SMARTS) is 1. The van der Waals surface area contributed by atoms with Crippen LogP contribution in [0.1, 0.15) is 85.0 Å². The second kappa shape index (κ2) is 8.61. The number of carboxylic acids is 1. The van der Waals surface area contributed by atoms with E-state index in [9.17, 15) is 20.1 Å². The first-order valence-corrected chi connectivity index (χ1v) is 12.8. The summed E-state index contributed by atoms with van der Waals surface area (Å²) in [5.74, 6) is 1.80. The van der Waals surface area contributed by atoms with Gasteiger partial charge in [0.15, 0.2) is 0 Å². The predicted octanol–water partition coefficient (Wildman–Crippen LogP) is 4.09. The number of rotatable bonds is 6. The van der Waals surface area contributed by atoms with Crippen LogP contribution in [0.5, 0.6) is 0 Å². The molecule has 0 bridgehead atoms. The Morgan fingerprint density at radius 1 is 1.00 bits per heavy atom. The van der Waals surface area contributed by atoms with Crippen molar-refractivity contribution in [1.29, 1.82) is 0 Å². The Kier molecular flexibility index (Phi) is 6.53. The van der Waals surface area contributed by atoms with Crippen molar-refractivity contribution in [1.82, 2.24) is 0 Å². The molecule has 0 spiro atoms. The second-order valence-corrected chi connectivity index (χ2v) is 12.1. The van der Waals surface area contributed by atoms with Gasteiger partial charge in [-0.2, -0.15) is 0 Å². The summed E-state index contributed by atoms with van der Waals surface area (Å²) >= 11 is 0. The van der Waals surface area contributed by atoms with Gasteiger partial charge >= 0.3 is 5.97 Å². The Labute approximate surface area is 187 Å². The molecular weight excluding hydrogens is 392 g/mol. The molecule has 0 amide bonds. The fraction of sp³-hybridized carbons (Fsp3) is 0.962. The molecule has 4 aliphatic carbocycles. The first-order valence-electron chi connectivity index (χ1n) is 12.8. The number of fused-ring (bicyclic) bond motifs is 5. The lowest BCUT2D eigenvalue weighted by Crippen LogP contribution is -2.62. The van der Waals surface area contributed by atoms with Gasteiger partial charge in [0.05, 0.1) is 12.2 Å². The summed E-state index contributed by atoms with van der Waals surface area (Å²) in [6.07, 6.45) is 8.14. The van der Waals surface area contributed by atoms with Crippen LogP contribution in [0.4, 0.5) is 0 Å². The van der Waals surface area contributed by atoms with Crippen molar-refractivity contribution >= 4 is 5.97 Å². The smallest absolute Gasteiger partial charge is 0.303 e. The van der Waals surface area contributed by atoms with Gasteiger partial charge in [-0.25, -0.2) is 0 Å². The molecule has 4 fully saturated rings. The minimum atomic E-state index is -0.705. The number of aliphatic hydroxyl groups is 3. The zero-order chi connectivity index (χ0) is 22.6. The topological polar surface area (TPSA) is 98.0 Å². The van der Waals surface area contributed by atoms with Crippen LogP contribution >= 0.6 is 0 Å². The van der Waals surface area contributed by atoms with Crippen LogP contribution in [-0.4, -0.2) is 45.2 Å². The maximum atomic E-state index is 11.7. The molecule has 0 aromatic carbocycles. The van der Waals surface area contributed by atoms with E-state index < -0.39 is 12.1 Å². The highest BCUT2D eigenvalue weighted by Gasteiger charge is 2.64. The minimum absolute atomic E-state index is 0.0667. The first-order chi connectivity index (χ1) is 14.6. The Balaban J connectivity index is 1.62. The van der Waals surface area contributed by atoms with Crippen LogP contribution in [-0.2, 0) is 4.79 Å². The number of hydrogen-bond donors (Lipinski definition) is 4. The molecule has 31 heavy (non-hydrogen) atoms. The van der Waals surface area contributed by atoms with Crippen LogP contribution in [0.25, 0.3) is 0 Å². The predicted molar refractivity (Wildman–Crippen MR) is 119 cm³/mol. The summed E-state index contributed by atoms with van der Waals surface area (Å²) in [7, 11) is 0. The van der Waals surface area contributed by atoms with E-state index in [2.05, 4.69) is 20.8 Å². The van der Waals surface area contributed by atoms with E-state index in [-0.39, 0.29) is 47.7 Å². The third-order valence-electron chi connectivity index (χ3n) is 11.0. The molecule has 4 rings (SSSR count). The molecule has 11 atom stereocenters. The lowest BCUT2D eigenvalue weighted by atomic mass is 9.41. The Morgan fingerprint density at radius 3 is 2.35 bits per heavy atom. The lowest BCUT2D eigenvalue weighted by Gasteiger charge is -2.64. The van der Waals surface area contributed by atoms with Gasteiger partial charge in [-0.05, 0) is 110 Å². The highest BCUT2D eigenvalue weighted by molar-refractivity contribution is 5.66. The molecule has 4 saturated carbocycles. The fourth-order valence-electron chi connectivity index (χ4n) is 9.48. The van der Waals surface area contributed by atoms with Crippen LogP contribution in [0.2, 0.25) is 0 Å². The van der Waals surface area contributed by atoms with Crippen LogP contribution < -0.4 is 0 Å². The highest BCUT2D eigenvalue weighted by Crippen LogP contribution is 2.69. The zero-order valence-corrected chi connectivity index (χ0v) is 19.7. The molecule has 0 saturated heterocycles. The summed E-state index contributed by atoms with van der Waals surface area (Å²) in [4.78, 5) is 11.1. The molecule has 4 N–H and O–H groups in total. The standard InChI is InChI=1S/C26H44O5/c1-15(4-7-22(29)30)18-5-6-19-23-20(9-12-25(18,19)2)26(3)11-8-16(28)14-21(26)17(10-13-27)24(23)31/h15-21,23-24,27-28,31H,4-14H2,1-3H3,(H,29,30)/t15-,16-,17-,18-,19?,20?,21+,23?,24?,25-,26-/m1/s1. The van der Waals surface area contributed by atoms with Gasteiger partial charge in [0.25, 0.3) is 0 Å². The monoisotopic (exact) mass is 436 g/mol. The van der Waals surface area contributed by atoms with E-state index >= 15 is 0 Å². The molecule has 5 nitrogen and oxygen atoms in total. The molecule has 0 aliphatic heterocycles. The third-order valence-corrected chi connectivity index (χ3v) is 11.0. The Hall–Kier alpha value is -0.650. The summed E-state index contributed by atoms with van der Waals surface area (Å²) in [5.41, 5.74) is 0.304. The van der Waals surface area contributed by atoms with Crippen molar-refractivity contribution in [3.8, 4) is 0 Å². The first kappa shape index (κ1) is 23.5. The van der Waals surface area contributed by atoms with E-state index in [1.165, 1.54) is 6.42 Å². The zero-order valence-electron chi connectivity index (χ0n) is 19.7. The van der Waals surface area contributed by atoms with Gasteiger partial charge in [0.2, 0.25) is 0 Å². The van der Waals surface area contributed by atoms with Crippen molar-refractivity contribution in [2.24, 2.45) is 52.3 Å². The van der Waals surface area contributed by atoms with Gasteiger partial charge in [-0.15, -0.1) is 0 Å². The minimum Gasteiger partial charge on any atom is -0.481 e. The van der Waals surface area contributed by atoms with Gasteiger partial charge in [0, 0.05) is 13.0 Å². The molecule has 0 aromatic heterocycles. The number of hydrogen-bond acceptors (Lipinski definition) is 4. The van der Waals surface area contributed by atoms with Crippen molar-refractivity contribution in [3.63, 3.8) is 0 Å². The van der Waals surface area contributed by atoms with E-state index in [1.54, 1.807) is 0 Å². The van der Waals surface area contributed by atoms with E-state index in [1.807, 2.05) is 0 Å². The maximum absolute atomic E-state index is 11.7. The average Bonchev–Trinajstić information content (AvgIpc) is 3.07. The maximum Gasteiger partial charge on any atom is 0.303 e. The molecule has 0 aromatic rings. The molecule has 4 aliphatic rings. The molecule has 4 unspecified atom stereocenters. The van der Waals surface area contributed by atoms with Crippen LogP contribution in [0.3, 0.4) is 0 Å². The average molecular weight is 437 g/mol. The van der Waals surface area contributed by atoms with Crippen molar-refractivity contribution in [2.45, 2.75) is 97.2 Å². The molecule has 178 valence electrons.